The highest BCUT2D eigenvalue weighted by Gasteiger charge is 1.35. The molecular formula is C7H20B4. The van der Waals surface area contributed by atoms with E-state index in [1.165, 1.54) is 33.7 Å². The molecule has 0 aromatic rings. The van der Waals surface area contributed by atoms with Crippen molar-refractivity contribution in [1.29, 1.82) is 0 Å². The van der Waals surface area contributed by atoms with Crippen LogP contribution < -0.4 is 0 Å². The minimum atomic E-state index is 1.25. The summed E-state index contributed by atoms with van der Waals surface area (Å²) in [5.41, 5.74) is 0. The van der Waals surface area contributed by atoms with Crippen molar-refractivity contribution < 1.29 is 0 Å². The molecule has 0 aliphatic heterocycles. The quantitative estimate of drug-likeness (QED) is 0.461. The maximum Gasteiger partial charge on any atom is 0.0606 e. The Labute approximate surface area is 79.6 Å². The first kappa shape index (κ1) is 30.2. The summed E-state index contributed by atoms with van der Waals surface area (Å²) in [5, 5.41) is 0. The van der Waals surface area contributed by atoms with Crippen molar-refractivity contribution in [3.63, 3.8) is 0 Å². The SMILES string of the molecule is CCC.[B]C.[B]C.[B]C.[B]C. The van der Waals surface area contributed by atoms with Crippen LogP contribution in [-0.2, 0) is 0 Å². The zero-order valence-electron chi connectivity index (χ0n) is 9.02. The van der Waals surface area contributed by atoms with Gasteiger partial charge in [-0.15, -0.1) is 0 Å². The van der Waals surface area contributed by atoms with Gasteiger partial charge in [-0.1, -0.05) is 47.6 Å². The monoisotopic (exact) mass is 148 g/mol. The smallest absolute Gasteiger partial charge is 0.0606 e. The zero-order valence-corrected chi connectivity index (χ0v) is 9.02. The van der Waals surface area contributed by atoms with Crippen molar-refractivity contribution in [3.05, 3.63) is 0 Å². The topological polar surface area (TPSA) is 0 Å². The lowest BCUT2D eigenvalue weighted by molar-refractivity contribution is 1.09. The molecule has 4 heteroatoms. The van der Waals surface area contributed by atoms with E-state index >= 15 is 0 Å². The van der Waals surface area contributed by atoms with Crippen molar-refractivity contribution in [2.24, 2.45) is 0 Å². The molecule has 0 rings (SSSR count). The van der Waals surface area contributed by atoms with E-state index in [0.717, 1.165) is 0 Å². The summed E-state index contributed by atoms with van der Waals surface area (Å²) in [4.78, 5) is 0. The van der Waals surface area contributed by atoms with Crippen LogP contribution in [-0.4, -0.2) is 31.4 Å². The van der Waals surface area contributed by atoms with Crippen molar-refractivity contribution in [1.82, 2.24) is 0 Å². The molecule has 0 heterocycles. The van der Waals surface area contributed by atoms with Crippen LogP contribution in [0.15, 0.2) is 0 Å². The summed E-state index contributed by atoms with van der Waals surface area (Å²) >= 11 is 0. The summed E-state index contributed by atoms with van der Waals surface area (Å²) in [6.45, 7) is 10.2. The lowest BCUT2D eigenvalue weighted by Crippen LogP contribution is -1.27. The van der Waals surface area contributed by atoms with Crippen LogP contribution in [0.2, 0.25) is 27.3 Å². The highest BCUT2D eigenvalue weighted by Crippen LogP contribution is 1.56. The molecule has 0 aromatic heterocycles. The predicted octanol–water partition coefficient (Wildman–Crippen LogP) is 2.23. The number of hydrogen-bond acceptors (Lipinski definition) is 0. The van der Waals surface area contributed by atoms with Crippen LogP contribution in [0.4, 0.5) is 0 Å². The summed E-state index contributed by atoms with van der Waals surface area (Å²) in [7, 11) is 18.0. The normalized spacial score (nSPS) is 3.45. The van der Waals surface area contributed by atoms with Gasteiger partial charge < -0.3 is 0 Å². The van der Waals surface area contributed by atoms with E-state index in [1.807, 2.05) is 0 Å². The van der Waals surface area contributed by atoms with Gasteiger partial charge in [0.1, 0.15) is 0 Å². The van der Waals surface area contributed by atoms with Gasteiger partial charge in [0.2, 0.25) is 0 Å². The lowest BCUT2D eigenvalue weighted by atomic mass is 10.2. The Morgan fingerprint density at radius 1 is 0.545 bits per heavy atom. The molecule has 0 aliphatic rings. The fourth-order valence-electron chi connectivity index (χ4n) is 0. The second-order valence-electron chi connectivity index (χ2n) is 0.707. The molecule has 0 aliphatic carbocycles. The molecule has 0 unspecified atom stereocenters. The Hall–Kier alpha value is 0.260. The van der Waals surface area contributed by atoms with Crippen molar-refractivity contribution >= 4 is 31.4 Å². The summed E-state index contributed by atoms with van der Waals surface area (Å²) in [6.07, 6.45) is 1.25. The van der Waals surface area contributed by atoms with Crippen LogP contribution in [0, 0.1) is 0 Å². The Morgan fingerprint density at radius 2 is 0.545 bits per heavy atom. The first-order valence-corrected chi connectivity index (χ1v) is 3.72. The van der Waals surface area contributed by atoms with E-state index in [9.17, 15) is 0 Å². The molecule has 0 atom stereocenters. The second-order valence-corrected chi connectivity index (χ2v) is 0.707. The molecule has 0 spiro atoms. The number of rotatable bonds is 0. The van der Waals surface area contributed by atoms with Gasteiger partial charge in [0.15, 0.2) is 0 Å². The largest absolute Gasteiger partial charge is 0.0999 e. The average molecular weight is 147 g/mol. The van der Waals surface area contributed by atoms with Crippen molar-refractivity contribution in [3.8, 4) is 0 Å². The average Bonchev–Trinajstić information content (AvgIpc) is 2.18. The van der Waals surface area contributed by atoms with E-state index in [1.54, 1.807) is 0 Å². The van der Waals surface area contributed by atoms with Crippen LogP contribution in [0.25, 0.3) is 0 Å². The molecule has 0 N–H and O–H groups in total. The molecule has 8 radical (unpaired) electrons. The molecule has 0 fully saturated rings. The molecule has 0 aromatic carbocycles. The Balaban J connectivity index is -0.0000000139. The summed E-state index contributed by atoms with van der Waals surface area (Å²) in [5.74, 6) is 0. The van der Waals surface area contributed by atoms with E-state index in [4.69, 9.17) is 0 Å². The molecule has 0 saturated heterocycles. The zero-order chi connectivity index (χ0) is 10.7. The van der Waals surface area contributed by atoms with Gasteiger partial charge in [-0.25, -0.2) is 0 Å². The Morgan fingerprint density at radius 3 is 0.545 bits per heavy atom. The van der Waals surface area contributed by atoms with Crippen LogP contribution in [0.5, 0.6) is 0 Å². The third-order valence-corrected chi connectivity index (χ3v) is 0. The predicted molar refractivity (Wildman–Crippen MR) is 62.4 cm³/mol. The van der Waals surface area contributed by atoms with Gasteiger partial charge >= 0.3 is 0 Å². The van der Waals surface area contributed by atoms with Gasteiger partial charge in [-0.3, -0.25) is 0 Å². The van der Waals surface area contributed by atoms with E-state index in [-0.39, 0.29) is 0 Å². The maximum absolute atomic E-state index is 4.50. The highest BCUT2D eigenvalue weighted by molar-refractivity contribution is 6.06. The van der Waals surface area contributed by atoms with Gasteiger partial charge in [0.05, 0.1) is 31.4 Å². The maximum atomic E-state index is 4.50. The molecule has 0 saturated carbocycles. The fourth-order valence-corrected chi connectivity index (χ4v) is 0. The molecule has 60 valence electrons. The first-order chi connectivity index (χ1) is 5.41. The van der Waals surface area contributed by atoms with Crippen LogP contribution >= 0.6 is 0 Å². The lowest BCUT2D eigenvalue weighted by Gasteiger charge is -1.48. The van der Waals surface area contributed by atoms with Gasteiger partial charge in [-0.05, 0) is 0 Å². The van der Waals surface area contributed by atoms with E-state index < -0.39 is 0 Å². The molecular weight excluding hydrogens is 127 g/mol. The van der Waals surface area contributed by atoms with Crippen LogP contribution in [0.1, 0.15) is 20.3 Å². The minimum Gasteiger partial charge on any atom is -0.0999 e. The van der Waals surface area contributed by atoms with Crippen molar-refractivity contribution in [2.75, 3.05) is 0 Å². The fraction of sp³-hybridized carbons (Fsp3) is 1.00. The van der Waals surface area contributed by atoms with Gasteiger partial charge in [-0.2, -0.15) is 0 Å². The van der Waals surface area contributed by atoms with Gasteiger partial charge in [0, 0.05) is 0 Å². The molecule has 0 amide bonds. The highest BCUT2D eigenvalue weighted by atomic mass is 13.4. The van der Waals surface area contributed by atoms with Crippen LogP contribution in [0.3, 0.4) is 0 Å². The standard InChI is InChI=1S/C3H8.4CH3B/c1-3-2;4*1-2/h3H2,1-2H3;4*1H3. The minimum absolute atomic E-state index is 1.25. The third kappa shape index (κ3) is 10400. The van der Waals surface area contributed by atoms with Crippen molar-refractivity contribution in [2.45, 2.75) is 47.6 Å². The molecule has 0 nitrogen and oxygen atoms in total. The van der Waals surface area contributed by atoms with Gasteiger partial charge in [0.25, 0.3) is 0 Å². The number of hydrogen-bond donors (Lipinski definition) is 0. The third-order valence-electron chi connectivity index (χ3n) is 0. The Bertz CT molecular complexity index is 10.4. The van der Waals surface area contributed by atoms with E-state index in [2.05, 4.69) is 45.2 Å². The molecule has 11 heavy (non-hydrogen) atoms. The van der Waals surface area contributed by atoms with E-state index in [0.29, 0.717) is 0 Å². The summed E-state index contributed by atoms with van der Waals surface area (Å²) in [6, 6.07) is 0. The first-order valence-electron chi connectivity index (χ1n) is 3.72. The second kappa shape index (κ2) is 554. The molecule has 0 bridgehead atoms. The Kier molecular flexibility index (Phi) is 1520. The summed E-state index contributed by atoms with van der Waals surface area (Å²) < 4.78 is 0.